The molecule has 1 unspecified atom stereocenters. The van der Waals surface area contributed by atoms with Crippen LogP contribution in [0.4, 0.5) is 4.79 Å². The van der Waals surface area contributed by atoms with Gasteiger partial charge in [-0.3, -0.25) is 4.18 Å². The van der Waals surface area contributed by atoms with Crippen LogP contribution in [-0.4, -0.2) is 45.8 Å². The maximum atomic E-state index is 11.1. The lowest BCUT2D eigenvalue weighted by Gasteiger charge is -2.35. The molecule has 0 radical (unpaired) electrons. The van der Waals surface area contributed by atoms with Crippen molar-refractivity contribution in [1.29, 1.82) is 0 Å². The van der Waals surface area contributed by atoms with Crippen molar-refractivity contribution in [3.63, 3.8) is 0 Å². The van der Waals surface area contributed by atoms with Gasteiger partial charge in [-0.15, -0.1) is 0 Å². The van der Waals surface area contributed by atoms with Crippen LogP contribution in [-0.2, 0) is 15.3 Å². The van der Waals surface area contributed by atoms with Crippen LogP contribution in [0.2, 0.25) is 0 Å². The van der Waals surface area contributed by atoms with Gasteiger partial charge in [0.1, 0.15) is 0 Å². The van der Waals surface area contributed by atoms with E-state index >= 15 is 0 Å². The number of likely N-dealkylation sites (tertiary alicyclic amines) is 1. The van der Waals surface area contributed by atoms with Crippen LogP contribution in [0, 0.1) is 5.41 Å². The fourth-order valence-electron chi connectivity index (χ4n) is 1.99. The van der Waals surface area contributed by atoms with Gasteiger partial charge >= 0.3 is 6.09 Å². The molecule has 0 aromatic carbocycles. The first-order chi connectivity index (χ1) is 6.61. The third-order valence-electron chi connectivity index (χ3n) is 3.02. The first kappa shape index (κ1) is 9.92. The Morgan fingerprint density at radius 3 is 2.50 bits per heavy atom. The van der Waals surface area contributed by atoms with E-state index in [0.717, 1.165) is 12.8 Å². The smallest absolute Gasteiger partial charge is 0.407 e. The maximum Gasteiger partial charge on any atom is 0.407 e. The highest BCUT2D eigenvalue weighted by Crippen LogP contribution is 2.37. The molecule has 1 amide bonds. The van der Waals surface area contributed by atoms with Crippen LogP contribution in [0.25, 0.3) is 0 Å². The molecule has 2 rings (SSSR count). The molecule has 1 N–H and O–H groups in total. The zero-order valence-electron chi connectivity index (χ0n) is 7.77. The molecule has 2 aliphatic rings. The van der Waals surface area contributed by atoms with Crippen molar-refractivity contribution in [2.24, 2.45) is 5.41 Å². The lowest BCUT2D eigenvalue weighted by atomic mass is 9.81. The van der Waals surface area contributed by atoms with Crippen molar-refractivity contribution in [1.82, 2.24) is 4.90 Å². The molecule has 0 aromatic heterocycles. The fourth-order valence-corrected chi connectivity index (χ4v) is 3.32. The first-order valence-electron chi connectivity index (χ1n) is 4.61. The second kappa shape index (κ2) is 3.51. The predicted octanol–water partition coefficient (Wildman–Crippen LogP) is 0.441. The molecule has 1 atom stereocenters. The van der Waals surface area contributed by atoms with E-state index in [0.29, 0.717) is 25.4 Å². The Labute approximate surface area is 84.7 Å². The molecule has 5 nitrogen and oxygen atoms in total. The average Bonchev–Trinajstić information content (AvgIpc) is 2.48. The second-order valence-electron chi connectivity index (χ2n) is 3.98. The van der Waals surface area contributed by atoms with Crippen molar-refractivity contribution in [2.45, 2.75) is 12.8 Å². The number of hydrogen-bond acceptors (Lipinski definition) is 3. The van der Waals surface area contributed by atoms with Crippen molar-refractivity contribution >= 4 is 17.2 Å². The largest absolute Gasteiger partial charge is 0.465 e. The topological polar surface area (TPSA) is 66.8 Å². The summed E-state index contributed by atoms with van der Waals surface area (Å²) in [6.07, 6.45) is 0.677. The van der Waals surface area contributed by atoms with Gasteiger partial charge in [-0.1, -0.05) is 0 Å². The van der Waals surface area contributed by atoms with Crippen LogP contribution >= 0.6 is 0 Å². The summed E-state index contributed by atoms with van der Waals surface area (Å²) in [5.74, 6) is 0.570. The molecule has 0 aliphatic carbocycles. The van der Waals surface area contributed by atoms with E-state index in [9.17, 15) is 9.00 Å². The van der Waals surface area contributed by atoms with Gasteiger partial charge in [-0.05, 0) is 12.8 Å². The Morgan fingerprint density at radius 2 is 2.07 bits per heavy atom. The van der Waals surface area contributed by atoms with Gasteiger partial charge in [0.2, 0.25) is 0 Å². The lowest BCUT2D eigenvalue weighted by molar-refractivity contribution is 0.0858. The van der Waals surface area contributed by atoms with Gasteiger partial charge in [0.15, 0.2) is 11.1 Å². The molecule has 14 heavy (non-hydrogen) atoms. The Morgan fingerprint density at radius 1 is 1.43 bits per heavy atom. The van der Waals surface area contributed by atoms with Gasteiger partial charge in [-0.2, -0.15) is 0 Å². The summed E-state index contributed by atoms with van der Waals surface area (Å²) in [4.78, 5) is 12.1. The molecule has 0 aromatic rings. The summed E-state index contributed by atoms with van der Waals surface area (Å²) in [7, 11) is 0. The van der Waals surface area contributed by atoms with Crippen molar-refractivity contribution in [2.75, 3.05) is 25.4 Å². The quantitative estimate of drug-likeness (QED) is 0.642. The van der Waals surface area contributed by atoms with Crippen LogP contribution in [0.15, 0.2) is 0 Å². The van der Waals surface area contributed by atoms with Crippen LogP contribution in [0.5, 0.6) is 0 Å². The third kappa shape index (κ3) is 1.76. The normalized spacial score (nSPS) is 30.9. The number of nitrogens with zero attached hydrogens (tertiary/aromatic N) is 1. The summed E-state index contributed by atoms with van der Waals surface area (Å²) in [6, 6.07) is 0. The molecule has 2 fully saturated rings. The first-order valence-corrected chi connectivity index (χ1v) is 5.85. The highest BCUT2D eigenvalue weighted by molar-refractivity contribution is 7.80. The van der Waals surface area contributed by atoms with Crippen molar-refractivity contribution in [3.05, 3.63) is 0 Å². The van der Waals surface area contributed by atoms with Gasteiger partial charge in [0, 0.05) is 18.5 Å². The summed E-state index contributed by atoms with van der Waals surface area (Å²) in [5.41, 5.74) is -0.0171. The maximum absolute atomic E-state index is 11.1. The van der Waals surface area contributed by atoms with Gasteiger partial charge in [-0.25, -0.2) is 9.00 Å². The highest BCUT2D eigenvalue weighted by atomic mass is 32.2. The molecule has 6 heteroatoms. The number of carboxylic acid groups (broad SMARTS) is 1. The Kier molecular flexibility index (Phi) is 2.48. The number of carbonyl (C=O) groups is 1. The molecule has 1 spiro atoms. The van der Waals surface area contributed by atoms with E-state index in [-0.39, 0.29) is 5.41 Å². The van der Waals surface area contributed by atoms with Gasteiger partial charge in [0.05, 0.1) is 12.4 Å². The molecule has 0 saturated carbocycles. The number of rotatable bonds is 0. The Bertz CT molecular complexity index is 273. The molecule has 80 valence electrons. The van der Waals surface area contributed by atoms with Crippen molar-refractivity contribution in [3.8, 4) is 0 Å². The second-order valence-corrected chi connectivity index (χ2v) is 5.11. The SMILES string of the molecule is O=C(O)N1CCC2(CC1)COS(=O)C2. The minimum absolute atomic E-state index is 0.0171. The average molecular weight is 219 g/mol. The number of piperidine rings is 1. The summed E-state index contributed by atoms with van der Waals surface area (Å²) < 4.78 is 16.1. The van der Waals surface area contributed by atoms with Gasteiger partial charge in [0.25, 0.3) is 0 Å². The Balaban J connectivity index is 1.95. The zero-order valence-corrected chi connectivity index (χ0v) is 8.59. The van der Waals surface area contributed by atoms with Crippen molar-refractivity contribution < 1.29 is 18.3 Å². The van der Waals surface area contributed by atoms with E-state index in [1.807, 2.05) is 0 Å². The van der Waals surface area contributed by atoms with E-state index in [2.05, 4.69) is 0 Å². The van der Waals surface area contributed by atoms with E-state index in [1.165, 1.54) is 4.90 Å². The summed E-state index contributed by atoms with van der Waals surface area (Å²) in [6.45, 7) is 1.60. The minimum atomic E-state index is -1.15. The predicted molar refractivity (Wildman–Crippen MR) is 50.2 cm³/mol. The molecular weight excluding hydrogens is 206 g/mol. The van der Waals surface area contributed by atoms with Crippen LogP contribution < -0.4 is 0 Å². The molecule has 2 saturated heterocycles. The van der Waals surface area contributed by atoms with Gasteiger partial charge < -0.3 is 10.0 Å². The van der Waals surface area contributed by atoms with E-state index in [1.54, 1.807) is 0 Å². The number of hydrogen-bond donors (Lipinski definition) is 1. The summed E-state index contributed by atoms with van der Waals surface area (Å²) in [5, 5.41) is 8.76. The molecule has 2 aliphatic heterocycles. The van der Waals surface area contributed by atoms with E-state index in [4.69, 9.17) is 9.29 Å². The standard InChI is InChI=1S/C8H13NO4S/c10-7(11)9-3-1-8(2-4-9)5-13-14(12)6-8/h1-6H2,(H,10,11). The Hall–Kier alpha value is -0.620. The monoisotopic (exact) mass is 219 g/mol. The highest BCUT2D eigenvalue weighted by Gasteiger charge is 2.42. The zero-order chi connectivity index (χ0) is 10.2. The molecular formula is C8H13NO4S. The van der Waals surface area contributed by atoms with Crippen LogP contribution in [0.1, 0.15) is 12.8 Å². The number of amides is 1. The van der Waals surface area contributed by atoms with E-state index < -0.39 is 17.2 Å². The third-order valence-corrected chi connectivity index (χ3v) is 4.24. The minimum Gasteiger partial charge on any atom is -0.465 e. The lowest BCUT2D eigenvalue weighted by Crippen LogP contribution is -2.44. The summed E-state index contributed by atoms with van der Waals surface area (Å²) >= 11 is -1.15. The fraction of sp³-hybridized carbons (Fsp3) is 0.875. The van der Waals surface area contributed by atoms with Crippen LogP contribution in [0.3, 0.4) is 0 Å². The molecule has 0 bridgehead atoms. The molecule has 2 heterocycles.